The average Bonchev–Trinajstić information content (AvgIpc) is 2.32. The molecule has 17 heavy (non-hydrogen) atoms. The third-order valence-electron chi connectivity index (χ3n) is 2.19. The van der Waals surface area contributed by atoms with Crippen LogP contribution in [0.1, 0.15) is 19.8 Å². The Bertz CT molecular complexity index is 383. The lowest BCUT2D eigenvalue weighted by molar-refractivity contribution is -0.120. The van der Waals surface area contributed by atoms with Crippen LogP contribution in [-0.2, 0) is 4.79 Å². The van der Waals surface area contributed by atoms with E-state index in [1.807, 2.05) is 19.1 Å². The minimum atomic E-state index is 0.0394. The fraction of sp³-hybridized carbons (Fsp3) is 0.417. The van der Waals surface area contributed by atoms with Gasteiger partial charge in [-0.1, -0.05) is 36.2 Å². The molecule has 0 aliphatic carbocycles. The molecule has 0 fully saturated rings. The topological polar surface area (TPSA) is 41.1 Å². The molecule has 2 N–H and O–H groups in total. The van der Waals surface area contributed by atoms with Crippen LogP contribution < -0.4 is 10.6 Å². The maximum absolute atomic E-state index is 11.3. The van der Waals surface area contributed by atoms with Crippen molar-refractivity contribution in [1.29, 1.82) is 0 Å². The molecule has 0 unspecified atom stereocenters. The van der Waals surface area contributed by atoms with Gasteiger partial charge in [0, 0.05) is 19.5 Å². The van der Waals surface area contributed by atoms with Crippen LogP contribution in [0.5, 0.6) is 0 Å². The van der Waals surface area contributed by atoms with E-state index in [-0.39, 0.29) is 5.91 Å². The lowest BCUT2D eigenvalue weighted by Gasteiger charge is -2.09. The third-order valence-corrected chi connectivity index (χ3v) is 3.01. The lowest BCUT2D eigenvalue weighted by atomic mass is 10.3. The summed E-state index contributed by atoms with van der Waals surface area (Å²) in [4.78, 5) is 11.3. The van der Waals surface area contributed by atoms with Crippen LogP contribution in [-0.4, -0.2) is 19.0 Å². The van der Waals surface area contributed by atoms with Gasteiger partial charge in [-0.05, 0) is 18.6 Å². The Morgan fingerprint density at radius 3 is 2.76 bits per heavy atom. The van der Waals surface area contributed by atoms with E-state index >= 15 is 0 Å². The Hall–Kier alpha value is -0.930. The van der Waals surface area contributed by atoms with Crippen LogP contribution in [0.4, 0.5) is 5.69 Å². The van der Waals surface area contributed by atoms with Crippen molar-refractivity contribution in [3.63, 3.8) is 0 Å². The Balaban J connectivity index is 2.36. The first-order valence-electron chi connectivity index (χ1n) is 5.59. The fourth-order valence-corrected chi connectivity index (χ4v) is 1.67. The number of amides is 1. The second-order valence-electron chi connectivity index (χ2n) is 3.63. The molecule has 0 radical (unpaired) electrons. The van der Waals surface area contributed by atoms with Crippen molar-refractivity contribution >= 4 is 34.8 Å². The van der Waals surface area contributed by atoms with Crippen LogP contribution in [0.15, 0.2) is 18.2 Å². The molecule has 1 amide bonds. The van der Waals surface area contributed by atoms with Crippen molar-refractivity contribution in [2.45, 2.75) is 19.8 Å². The Morgan fingerprint density at radius 1 is 1.29 bits per heavy atom. The molecule has 0 aromatic heterocycles. The van der Waals surface area contributed by atoms with Gasteiger partial charge in [-0.2, -0.15) is 0 Å². The second-order valence-corrected chi connectivity index (χ2v) is 4.41. The number of anilines is 1. The number of benzene rings is 1. The van der Waals surface area contributed by atoms with Crippen molar-refractivity contribution in [1.82, 2.24) is 5.32 Å². The summed E-state index contributed by atoms with van der Waals surface area (Å²) in [5, 5.41) is 6.89. The van der Waals surface area contributed by atoms with Gasteiger partial charge in [0.25, 0.3) is 0 Å². The zero-order valence-corrected chi connectivity index (χ0v) is 11.2. The first-order valence-corrected chi connectivity index (χ1v) is 6.35. The molecule has 0 aliphatic heterocycles. The normalized spacial score (nSPS) is 10.1. The van der Waals surface area contributed by atoms with Gasteiger partial charge in [0.2, 0.25) is 5.91 Å². The summed E-state index contributed by atoms with van der Waals surface area (Å²) < 4.78 is 0. The van der Waals surface area contributed by atoms with Crippen molar-refractivity contribution in [3.8, 4) is 0 Å². The molecule has 0 atom stereocenters. The molecule has 3 nitrogen and oxygen atoms in total. The van der Waals surface area contributed by atoms with Gasteiger partial charge in [0.05, 0.1) is 15.7 Å². The van der Waals surface area contributed by atoms with E-state index in [4.69, 9.17) is 23.2 Å². The molecule has 1 aromatic carbocycles. The number of carbonyl (C=O) groups excluding carboxylic acids is 1. The van der Waals surface area contributed by atoms with Crippen molar-refractivity contribution in [3.05, 3.63) is 28.2 Å². The SMILES string of the molecule is CCCNC(=O)CCNc1cccc(Cl)c1Cl. The van der Waals surface area contributed by atoms with Crippen LogP contribution in [0, 0.1) is 0 Å². The van der Waals surface area contributed by atoms with Gasteiger partial charge in [-0.15, -0.1) is 0 Å². The second kappa shape index (κ2) is 7.41. The molecule has 0 aliphatic rings. The van der Waals surface area contributed by atoms with E-state index in [9.17, 15) is 4.79 Å². The molecule has 0 saturated heterocycles. The van der Waals surface area contributed by atoms with E-state index < -0.39 is 0 Å². The molecular weight excluding hydrogens is 259 g/mol. The average molecular weight is 275 g/mol. The quantitative estimate of drug-likeness (QED) is 0.836. The maximum atomic E-state index is 11.3. The summed E-state index contributed by atoms with van der Waals surface area (Å²) in [5.74, 6) is 0.0394. The van der Waals surface area contributed by atoms with Gasteiger partial charge in [0.15, 0.2) is 0 Å². The molecule has 1 aromatic rings. The van der Waals surface area contributed by atoms with Gasteiger partial charge >= 0.3 is 0 Å². The van der Waals surface area contributed by atoms with E-state index in [2.05, 4.69) is 10.6 Å². The summed E-state index contributed by atoms with van der Waals surface area (Å²) in [6, 6.07) is 5.37. The number of hydrogen-bond acceptors (Lipinski definition) is 2. The predicted molar refractivity (Wildman–Crippen MR) is 72.9 cm³/mol. The highest BCUT2D eigenvalue weighted by Gasteiger charge is 2.04. The molecule has 0 bridgehead atoms. The molecule has 1 rings (SSSR count). The molecule has 5 heteroatoms. The highest BCUT2D eigenvalue weighted by molar-refractivity contribution is 6.43. The van der Waals surface area contributed by atoms with Crippen LogP contribution in [0.2, 0.25) is 10.0 Å². The van der Waals surface area contributed by atoms with Gasteiger partial charge in [0.1, 0.15) is 0 Å². The van der Waals surface area contributed by atoms with Crippen molar-refractivity contribution in [2.75, 3.05) is 18.4 Å². The standard InChI is InChI=1S/C12H16Cl2N2O/c1-2-7-16-11(17)6-8-15-10-5-3-4-9(13)12(10)14/h3-5,15H,2,6-8H2,1H3,(H,16,17). The largest absolute Gasteiger partial charge is 0.383 e. The highest BCUT2D eigenvalue weighted by Crippen LogP contribution is 2.29. The van der Waals surface area contributed by atoms with Crippen LogP contribution in [0.3, 0.4) is 0 Å². The maximum Gasteiger partial charge on any atom is 0.221 e. The number of nitrogens with one attached hydrogen (secondary N) is 2. The zero-order valence-electron chi connectivity index (χ0n) is 9.72. The van der Waals surface area contributed by atoms with E-state index in [0.29, 0.717) is 23.0 Å². The Kier molecular flexibility index (Phi) is 6.16. The number of hydrogen-bond donors (Lipinski definition) is 2. The van der Waals surface area contributed by atoms with Gasteiger partial charge in [-0.3, -0.25) is 4.79 Å². The van der Waals surface area contributed by atoms with Crippen LogP contribution >= 0.6 is 23.2 Å². The smallest absolute Gasteiger partial charge is 0.221 e. The number of carbonyl (C=O) groups is 1. The first-order chi connectivity index (χ1) is 8.15. The van der Waals surface area contributed by atoms with Crippen LogP contribution in [0.25, 0.3) is 0 Å². The lowest BCUT2D eigenvalue weighted by Crippen LogP contribution is -2.25. The molecular formula is C12H16Cl2N2O. The third kappa shape index (κ3) is 4.84. The zero-order chi connectivity index (χ0) is 12.7. The molecule has 0 heterocycles. The Morgan fingerprint density at radius 2 is 2.06 bits per heavy atom. The summed E-state index contributed by atoms with van der Waals surface area (Å²) in [6.07, 6.45) is 1.36. The molecule has 0 saturated carbocycles. The summed E-state index contributed by atoms with van der Waals surface area (Å²) in [7, 11) is 0. The summed E-state index contributed by atoms with van der Waals surface area (Å²) in [5.41, 5.74) is 0.752. The van der Waals surface area contributed by atoms with Gasteiger partial charge < -0.3 is 10.6 Å². The summed E-state index contributed by atoms with van der Waals surface area (Å²) in [6.45, 7) is 3.27. The summed E-state index contributed by atoms with van der Waals surface area (Å²) >= 11 is 11.9. The van der Waals surface area contributed by atoms with Gasteiger partial charge in [-0.25, -0.2) is 0 Å². The van der Waals surface area contributed by atoms with E-state index in [1.165, 1.54) is 0 Å². The molecule has 94 valence electrons. The van der Waals surface area contributed by atoms with Crippen molar-refractivity contribution < 1.29 is 4.79 Å². The Labute approximate surface area is 111 Å². The number of rotatable bonds is 6. The minimum Gasteiger partial charge on any atom is -0.383 e. The monoisotopic (exact) mass is 274 g/mol. The van der Waals surface area contributed by atoms with Crippen molar-refractivity contribution in [2.24, 2.45) is 0 Å². The predicted octanol–water partition coefficient (Wildman–Crippen LogP) is 3.32. The molecule has 0 spiro atoms. The van der Waals surface area contributed by atoms with E-state index in [0.717, 1.165) is 18.7 Å². The minimum absolute atomic E-state index is 0.0394. The first kappa shape index (κ1) is 14.1. The fourth-order valence-electron chi connectivity index (χ4n) is 1.30. The number of halogens is 2. The van der Waals surface area contributed by atoms with E-state index in [1.54, 1.807) is 6.07 Å². The highest BCUT2D eigenvalue weighted by atomic mass is 35.5.